The Labute approximate surface area is 199 Å². The second-order valence-electron chi connectivity index (χ2n) is 9.42. The van der Waals surface area contributed by atoms with Gasteiger partial charge in [-0.2, -0.15) is 5.10 Å². The molecule has 1 N–H and O–H groups in total. The number of nitrogens with one attached hydrogen (secondary N) is 1. The monoisotopic (exact) mass is 445 g/mol. The molecule has 33 heavy (non-hydrogen) atoms. The Hall–Kier alpha value is -2.43. The van der Waals surface area contributed by atoms with Crippen molar-refractivity contribution in [3.05, 3.63) is 86.7 Å². The Morgan fingerprint density at radius 1 is 1.00 bits per heavy atom. The van der Waals surface area contributed by atoms with Crippen molar-refractivity contribution >= 4 is 0 Å². The zero-order valence-corrected chi connectivity index (χ0v) is 21.2. The molecule has 0 spiro atoms. The van der Waals surface area contributed by atoms with Gasteiger partial charge in [0.25, 0.3) is 0 Å². The predicted octanol–water partition coefficient (Wildman–Crippen LogP) is 6.01. The SMILES string of the molecule is CCOCC1Cc2ccccc2CN1C(c1cc(C)c(C)cc1C)c1c(CC)n[nH]c1CC. The molecule has 3 aromatic rings. The first kappa shape index (κ1) is 23.7. The van der Waals surface area contributed by atoms with Crippen LogP contribution in [0.5, 0.6) is 0 Å². The topological polar surface area (TPSA) is 41.1 Å². The third kappa shape index (κ3) is 4.64. The van der Waals surface area contributed by atoms with Crippen LogP contribution in [-0.4, -0.2) is 34.4 Å². The Balaban J connectivity index is 1.92. The predicted molar refractivity (Wildman–Crippen MR) is 136 cm³/mol. The number of nitrogens with zero attached hydrogens (tertiary/aromatic N) is 2. The fourth-order valence-electron chi connectivity index (χ4n) is 5.39. The molecule has 4 rings (SSSR count). The van der Waals surface area contributed by atoms with Gasteiger partial charge in [-0.1, -0.05) is 50.2 Å². The molecular weight excluding hydrogens is 406 g/mol. The summed E-state index contributed by atoms with van der Waals surface area (Å²) in [4.78, 5) is 2.69. The molecule has 2 aromatic carbocycles. The zero-order chi connectivity index (χ0) is 23.5. The summed E-state index contributed by atoms with van der Waals surface area (Å²) in [6, 6.07) is 14.1. The number of aromatic amines is 1. The Morgan fingerprint density at radius 2 is 1.73 bits per heavy atom. The van der Waals surface area contributed by atoms with E-state index in [-0.39, 0.29) is 6.04 Å². The van der Waals surface area contributed by atoms with Gasteiger partial charge in [0.05, 0.1) is 18.3 Å². The lowest BCUT2D eigenvalue weighted by atomic mass is 9.85. The quantitative estimate of drug-likeness (QED) is 0.461. The molecule has 2 unspecified atom stereocenters. The summed E-state index contributed by atoms with van der Waals surface area (Å²) in [5.41, 5.74) is 12.1. The van der Waals surface area contributed by atoms with E-state index in [2.05, 4.69) is 87.9 Å². The van der Waals surface area contributed by atoms with Crippen molar-refractivity contribution in [3.63, 3.8) is 0 Å². The maximum atomic E-state index is 6.04. The molecule has 2 atom stereocenters. The molecule has 4 heteroatoms. The molecule has 0 aliphatic carbocycles. The first-order valence-corrected chi connectivity index (χ1v) is 12.5. The van der Waals surface area contributed by atoms with Crippen molar-refractivity contribution in [1.82, 2.24) is 15.1 Å². The number of hydrogen-bond acceptors (Lipinski definition) is 3. The molecule has 0 bridgehead atoms. The molecule has 2 heterocycles. The van der Waals surface area contributed by atoms with Gasteiger partial charge in [-0.25, -0.2) is 0 Å². The third-order valence-electron chi connectivity index (χ3n) is 7.34. The highest BCUT2D eigenvalue weighted by molar-refractivity contribution is 5.46. The molecule has 1 aliphatic heterocycles. The molecule has 0 amide bonds. The van der Waals surface area contributed by atoms with Crippen LogP contribution in [0.4, 0.5) is 0 Å². The first-order chi connectivity index (χ1) is 16.0. The number of ether oxygens (including phenoxy) is 1. The largest absolute Gasteiger partial charge is 0.380 e. The Kier molecular flexibility index (Phi) is 7.35. The van der Waals surface area contributed by atoms with E-state index in [1.807, 2.05) is 0 Å². The van der Waals surface area contributed by atoms with Gasteiger partial charge in [0.1, 0.15) is 0 Å². The second-order valence-corrected chi connectivity index (χ2v) is 9.42. The summed E-state index contributed by atoms with van der Waals surface area (Å²) in [6.07, 6.45) is 2.88. The average Bonchev–Trinajstić information content (AvgIpc) is 3.23. The lowest BCUT2D eigenvalue weighted by molar-refractivity contribution is 0.0388. The number of aryl methyl sites for hydroxylation is 5. The highest BCUT2D eigenvalue weighted by Gasteiger charge is 2.36. The fourth-order valence-corrected chi connectivity index (χ4v) is 5.39. The van der Waals surface area contributed by atoms with Crippen LogP contribution in [0, 0.1) is 20.8 Å². The van der Waals surface area contributed by atoms with Crippen molar-refractivity contribution in [2.45, 2.75) is 79.4 Å². The molecule has 0 saturated heterocycles. The number of hydrogen-bond donors (Lipinski definition) is 1. The third-order valence-corrected chi connectivity index (χ3v) is 7.34. The van der Waals surface area contributed by atoms with Crippen LogP contribution in [0.1, 0.15) is 77.1 Å². The fraction of sp³-hybridized carbons (Fsp3) is 0.483. The lowest BCUT2D eigenvalue weighted by Crippen LogP contribution is -2.46. The van der Waals surface area contributed by atoms with E-state index in [0.29, 0.717) is 6.04 Å². The maximum Gasteiger partial charge on any atom is 0.0673 e. The van der Waals surface area contributed by atoms with Crippen molar-refractivity contribution in [2.75, 3.05) is 13.2 Å². The van der Waals surface area contributed by atoms with Gasteiger partial charge < -0.3 is 4.74 Å². The number of fused-ring (bicyclic) bond motifs is 1. The van der Waals surface area contributed by atoms with E-state index in [0.717, 1.165) is 39.0 Å². The summed E-state index contributed by atoms with van der Waals surface area (Å²) >= 11 is 0. The normalized spacial score (nSPS) is 17.2. The van der Waals surface area contributed by atoms with Gasteiger partial charge >= 0.3 is 0 Å². The summed E-state index contributed by atoms with van der Waals surface area (Å²) in [5.74, 6) is 0. The Morgan fingerprint density at radius 3 is 2.42 bits per heavy atom. The summed E-state index contributed by atoms with van der Waals surface area (Å²) in [5, 5.41) is 8.14. The number of benzene rings is 2. The van der Waals surface area contributed by atoms with E-state index in [1.54, 1.807) is 0 Å². The summed E-state index contributed by atoms with van der Waals surface area (Å²) in [6.45, 7) is 15.6. The van der Waals surface area contributed by atoms with Gasteiger partial charge in [0.15, 0.2) is 0 Å². The zero-order valence-electron chi connectivity index (χ0n) is 21.2. The van der Waals surface area contributed by atoms with Crippen molar-refractivity contribution in [3.8, 4) is 0 Å². The lowest BCUT2D eigenvalue weighted by Gasteiger charge is -2.43. The average molecular weight is 446 g/mol. The van der Waals surface area contributed by atoms with Gasteiger partial charge in [0, 0.05) is 30.5 Å². The highest BCUT2D eigenvalue weighted by Crippen LogP contribution is 2.40. The van der Waals surface area contributed by atoms with Crippen LogP contribution < -0.4 is 0 Å². The standard InChI is InChI=1S/C29H39N3O/c1-7-26-28(27(8-2)31-30-26)29(25-15-20(5)19(4)14-21(25)6)32-17-23-13-11-10-12-22(23)16-24(32)18-33-9-3/h10-15,24,29H,7-9,16-18H2,1-6H3,(H,30,31). The first-order valence-electron chi connectivity index (χ1n) is 12.5. The van der Waals surface area contributed by atoms with Crippen LogP contribution in [-0.2, 0) is 30.5 Å². The van der Waals surface area contributed by atoms with E-state index in [1.165, 1.54) is 50.3 Å². The highest BCUT2D eigenvalue weighted by atomic mass is 16.5. The molecule has 4 nitrogen and oxygen atoms in total. The number of aromatic nitrogens is 2. The van der Waals surface area contributed by atoms with Crippen LogP contribution in [0.25, 0.3) is 0 Å². The molecule has 176 valence electrons. The van der Waals surface area contributed by atoms with Crippen LogP contribution >= 0.6 is 0 Å². The number of H-pyrrole nitrogens is 1. The molecule has 0 radical (unpaired) electrons. The molecular formula is C29H39N3O. The van der Waals surface area contributed by atoms with Crippen LogP contribution in [0.2, 0.25) is 0 Å². The minimum absolute atomic E-state index is 0.145. The summed E-state index contributed by atoms with van der Waals surface area (Å²) < 4.78 is 6.04. The van der Waals surface area contributed by atoms with Crippen molar-refractivity contribution in [2.24, 2.45) is 0 Å². The van der Waals surface area contributed by atoms with Gasteiger partial charge in [0.2, 0.25) is 0 Å². The van der Waals surface area contributed by atoms with E-state index < -0.39 is 0 Å². The minimum Gasteiger partial charge on any atom is -0.380 e. The Bertz CT molecular complexity index is 1080. The van der Waals surface area contributed by atoms with E-state index in [9.17, 15) is 0 Å². The van der Waals surface area contributed by atoms with Gasteiger partial charge in [-0.15, -0.1) is 0 Å². The molecule has 0 saturated carbocycles. The van der Waals surface area contributed by atoms with E-state index >= 15 is 0 Å². The van der Waals surface area contributed by atoms with Crippen molar-refractivity contribution < 1.29 is 4.74 Å². The smallest absolute Gasteiger partial charge is 0.0673 e. The summed E-state index contributed by atoms with van der Waals surface area (Å²) in [7, 11) is 0. The van der Waals surface area contributed by atoms with E-state index in [4.69, 9.17) is 9.84 Å². The van der Waals surface area contributed by atoms with Gasteiger partial charge in [-0.05, 0) is 80.3 Å². The molecule has 1 aromatic heterocycles. The maximum absolute atomic E-state index is 6.04. The van der Waals surface area contributed by atoms with Gasteiger partial charge in [-0.3, -0.25) is 10.00 Å². The second kappa shape index (κ2) is 10.2. The molecule has 0 fully saturated rings. The van der Waals surface area contributed by atoms with Crippen LogP contribution in [0.15, 0.2) is 36.4 Å². The molecule has 1 aliphatic rings. The van der Waals surface area contributed by atoms with Crippen molar-refractivity contribution in [1.29, 1.82) is 0 Å². The number of rotatable bonds is 8. The minimum atomic E-state index is 0.145. The van der Waals surface area contributed by atoms with Crippen LogP contribution in [0.3, 0.4) is 0 Å².